The number of aromatic amines is 1. The smallest absolute Gasteiger partial charge is 0.290 e. The van der Waals surface area contributed by atoms with Gasteiger partial charge in [-0.25, -0.2) is 4.98 Å². The zero-order valence-electron chi connectivity index (χ0n) is 10.1. The van der Waals surface area contributed by atoms with Crippen LogP contribution in [-0.2, 0) is 6.42 Å². The largest absolute Gasteiger partial charge is 0.496 e. The Labute approximate surface area is 105 Å². The van der Waals surface area contributed by atoms with Crippen molar-refractivity contribution in [3.8, 4) is 5.75 Å². The summed E-state index contributed by atoms with van der Waals surface area (Å²) in [5, 5.41) is 3.00. The number of nitrogens with one attached hydrogen (secondary N) is 2. The lowest BCUT2D eigenvalue weighted by atomic mass is 10.1. The van der Waals surface area contributed by atoms with Gasteiger partial charge in [-0.05, 0) is 18.1 Å². The Hall–Kier alpha value is -2.30. The third-order valence-electron chi connectivity index (χ3n) is 2.59. The van der Waals surface area contributed by atoms with E-state index in [-0.39, 0.29) is 5.56 Å². The molecule has 0 fully saturated rings. The van der Waals surface area contributed by atoms with Crippen molar-refractivity contribution in [3.05, 3.63) is 52.6 Å². The SMILES string of the molecule is COc1ccccc1CCNc1ncc[nH]c1=O. The van der Waals surface area contributed by atoms with Gasteiger partial charge in [0.15, 0.2) is 5.82 Å². The van der Waals surface area contributed by atoms with Crippen LogP contribution in [0.3, 0.4) is 0 Å². The molecule has 5 nitrogen and oxygen atoms in total. The van der Waals surface area contributed by atoms with E-state index in [2.05, 4.69) is 15.3 Å². The molecule has 1 aromatic carbocycles. The first-order valence-corrected chi connectivity index (χ1v) is 5.70. The Bertz CT molecular complexity index is 566. The fraction of sp³-hybridized carbons (Fsp3) is 0.231. The van der Waals surface area contributed by atoms with Crippen molar-refractivity contribution in [1.82, 2.24) is 9.97 Å². The van der Waals surface area contributed by atoms with E-state index < -0.39 is 0 Å². The van der Waals surface area contributed by atoms with Crippen molar-refractivity contribution in [2.75, 3.05) is 19.0 Å². The number of para-hydroxylation sites is 1. The van der Waals surface area contributed by atoms with Gasteiger partial charge in [0.1, 0.15) is 5.75 Å². The number of anilines is 1. The number of benzene rings is 1. The molecular formula is C13H15N3O2. The van der Waals surface area contributed by atoms with Crippen LogP contribution in [0.25, 0.3) is 0 Å². The van der Waals surface area contributed by atoms with Crippen LogP contribution in [0.4, 0.5) is 5.82 Å². The standard InChI is InChI=1S/C13H15N3O2/c1-18-11-5-3-2-4-10(11)6-7-14-12-13(17)16-9-8-15-12/h2-5,8-9H,6-7H2,1H3,(H,14,15)(H,16,17). The molecule has 2 rings (SSSR count). The second-order valence-corrected chi connectivity index (χ2v) is 3.76. The van der Waals surface area contributed by atoms with Gasteiger partial charge in [-0.15, -0.1) is 0 Å². The summed E-state index contributed by atoms with van der Waals surface area (Å²) in [6.45, 7) is 0.625. The van der Waals surface area contributed by atoms with Crippen LogP contribution in [0.2, 0.25) is 0 Å². The highest BCUT2D eigenvalue weighted by Crippen LogP contribution is 2.17. The summed E-state index contributed by atoms with van der Waals surface area (Å²) < 4.78 is 5.26. The fourth-order valence-electron chi connectivity index (χ4n) is 1.70. The molecule has 1 aromatic heterocycles. The lowest BCUT2D eigenvalue weighted by molar-refractivity contribution is 0.410. The van der Waals surface area contributed by atoms with E-state index in [1.807, 2.05) is 24.3 Å². The van der Waals surface area contributed by atoms with Crippen LogP contribution in [-0.4, -0.2) is 23.6 Å². The minimum Gasteiger partial charge on any atom is -0.496 e. The van der Waals surface area contributed by atoms with Crippen LogP contribution in [0.5, 0.6) is 5.75 Å². The van der Waals surface area contributed by atoms with Crippen molar-refractivity contribution in [1.29, 1.82) is 0 Å². The average molecular weight is 245 g/mol. The minimum absolute atomic E-state index is 0.211. The second kappa shape index (κ2) is 5.86. The molecule has 2 N–H and O–H groups in total. The molecule has 18 heavy (non-hydrogen) atoms. The molecular weight excluding hydrogens is 230 g/mol. The number of nitrogens with zero attached hydrogens (tertiary/aromatic N) is 1. The number of ether oxygens (including phenoxy) is 1. The Morgan fingerprint density at radius 2 is 2.22 bits per heavy atom. The molecule has 5 heteroatoms. The maximum Gasteiger partial charge on any atom is 0.290 e. The first-order valence-electron chi connectivity index (χ1n) is 5.70. The Kier molecular flexibility index (Phi) is 3.96. The van der Waals surface area contributed by atoms with Crippen molar-refractivity contribution < 1.29 is 4.74 Å². The van der Waals surface area contributed by atoms with Crippen LogP contribution < -0.4 is 15.6 Å². The number of methoxy groups -OCH3 is 1. The van der Waals surface area contributed by atoms with Gasteiger partial charge in [-0.1, -0.05) is 18.2 Å². The number of rotatable bonds is 5. The van der Waals surface area contributed by atoms with E-state index in [1.54, 1.807) is 13.3 Å². The predicted octanol–water partition coefficient (Wildman–Crippen LogP) is 1.43. The summed E-state index contributed by atoms with van der Waals surface area (Å²) >= 11 is 0. The van der Waals surface area contributed by atoms with Gasteiger partial charge in [-0.2, -0.15) is 0 Å². The molecule has 0 amide bonds. The van der Waals surface area contributed by atoms with Crippen molar-refractivity contribution in [3.63, 3.8) is 0 Å². The number of H-pyrrole nitrogens is 1. The van der Waals surface area contributed by atoms with E-state index in [1.165, 1.54) is 6.20 Å². The number of hydrogen-bond acceptors (Lipinski definition) is 4. The fourth-order valence-corrected chi connectivity index (χ4v) is 1.70. The molecule has 0 spiro atoms. The maximum atomic E-state index is 11.4. The third kappa shape index (κ3) is 2.88. The first kappa shape index (κ1) is 12.2. The molecule has 0 atom stereocenters. The normalized spacial score (nSPS) is 10.1. The van der Waals surface area contributed by atoms with Gasteiger partial charge >= 0.3 is 0 Å². The molecule has 2 aromatic rings. The molecule has 94 valence electrons. The van der Waals surface area contributed by atoms with Crippen molar-refractivity contribution >= 4 is 5.82 Å². The third-order valence-corrected chi connectivity index (χ3v) is 2.59. The molecule has 0 aliphatic heterocycles. The predicted molar refractivity (Wildman–Crippen MR) is 70.0 cm³/mol. The average Bonchev–Trinajstić information content (AvgIpc) is 2.41. The highest BCUT2D eigenvalue weighted by atomic mass is 16.5. The molecule has 0 bridgehead atoms. The molecule has 0 saturated heterocycles. The maximum absolute atomic E-state index is 11.4. The molecule has 0 aliphatic rings. The molecule has 0 aliphatic carbocycles. The van der Waals surface area contributed by atoms with Gasteiger partial charge < -0.3 is 15.0 Å². The van der Waals surface area contributed by atoms with Crippen molar-refractivity contribution in [2.24, 2.45) is 0 Å². The van der Waals surface area contributed by atoms with Crippen LogP contribution in [0, 0.1) is 0 Å². The monoisotopic (exact) mass is 245 g/mol. The summed E-state index contributed by atoms with van der Waals surface area (Å²) in [4.78, 5) is 17.9. The summed E-state index contributed by atoms with van der Waals surface area (Å²) in [5.41, 5.74) is 0.886. The topological polar surface area (TPSA) is 67.0 Å². The Balaban J connectivity index is 1.97. The van der Waals surface area contributed by atoms with E-state index >= 15 is 0 Å². The molecule has 0 saturated carbocycles. The van der Waals surface area contributed by atoms with Gasteiger partial charge in [0, 0.05) is 18.9 Å². The van der Waals surface area contributed by atoms with E-state index in [0.29, 0.717) is 12.4 Å². The summed E-state index contributed by atoms with van der Waals surface area (Å²) in [6.07, 6.45) is 3.82. The molecule has 0 radical (unpaired) electrons. The lowest BCUT2D eigenvalue weighted by Crippen LogP contribution is -2.17. The second-order valence-electron chi connectivity index (χ2n) is 3.76. The van der Waals surface area contributed by atoms with Gasteiger partial charge in [0.05, 0.1) is 7.11 Å². The Morgan fingerprint density at radius 1 is 1.39 bits per heavy atom. The molecule has 0 unspecified atom stereocenters. The first-order chi connectivity index (χ1) is 8.81. The zero-order valence-corrected chi connectivity index (χ0v) is 10.1. The van der Waals surface area contributed by atoms with E-state index in [0.717, 1.165) is 17.7 Å². The summed E-state index contributed by atoms with van der Waals surface area (Å²) in [6, 6.07) is 7.82. The quantitative estimate of drug-likeness (QED) is 0.836. The zero-order chi connectivity index (χ0) is 12.8. The summed E-state index contributed by atoms with van der Waals surface area (Å²) in [5.74, 6) is 1.20. The number of aromatic nitrogens is 2. The number of hydrogen-bond donors (Lipinski definition) is 2. The highest BCUT2D eigenvalue weighted by molar-refractivity contribution is 5.35. The van der Waals surface area contributed by atoms with Crippen LogP contribution in [0.1, 0.15) is 5.56 Å². The van der Waals surface area contributed by atoms with E-state index in [9.17, 15) is 4.79 Å². The van der Waals surface area contributed by atoms with E-state index in [4.69, 9.17) is 4.74 Å². The van der Waals surface area contributed by atoms with Gasteiger partial charge in [-0.3, -0.25) is 4.79 Å². The van der Waals surface area contributed by atoms with Gasteiger partial charge in [0.25, 0.3) is 5.56 Å². The minimum atomic E-state index is -0.211. The van der Waals surface area contributed by atoms with Gasteiger partial charge in [0.2, 0.25) is 0 Å². The molecule has 1 heterocycles. The summed E-state index contributed by atoms with van der Waals surface area (Å²) in [7, 11) is 1.65. The Morgan fingerprint density at radius 3 is 3.00 bits per heavy atom. The highest BCUT2D eigenvalue weighted by Gasteiger charge is 2.02. The van der Waals surface area contributed by atoms with Crippen molar-refractivity contribution in [2.45, 2.75) is 6.42 Å². The van der Waals surface area contributed by atoms with Crippen LogP contribution >= 0.6 is 0 Å². The van der Waals surface area contributed by atoms with Crippen LogP contribution in [0.15, 0.2) is 41.5 Å². The lowest BCUT2D eigenvalue weighted by Gasteiger charge is -2.08.